The number of carboxylic acids is 1. The summed E-state index contributed by atoms with van der Waals surface area (Å²) in [6, 6.07) is 0. The van der Waals surface area contributed by atoms with E-state index in [1.54, 1.807) is 0 Å². The Morgan fingerprint density at radius 2 is 1.50 bits per heavy atom. The van der Waals surface area contributed by atoms with Crippen LogP contribution in [0.5, 0.6) is 0 Å². The molecular weight excluding hydrogens is 303 g/mol. The van der Waals surface area contributed by atoms with Crippen molar-refractivity contribution in [3.63, 3.8) is 0 Å². The van der Waals surface area contributed by atoms with Gasteiger partial charge in [-0.1, -0.05) is 22.6 Å². The summed E-state index contributed by atoms with van der Waals surface area (Å²) in [6.45, 7) is 2.27. The lowest BCUT2D eigenvalue weighted by atomic mass is 10.7. The standard InChI is InChI=1S/C8H15IO5/c9-1-2-12-3-4-13-5-6-14-7-8(10)11/h1-7H2,(H,10,11). The smallest absolute Gasteiger partial charge is 0.329 e. The Morgan fingerprint density at radius 1 is 1.00 bits per heavy atom. The zero-order chi connectivity index (χ0) is 10.6. The zero-order valence-electron chi connectivity index (χ0n) is 7.91. The molecule has 0 amide bonds. The van der Waals surface area contributed by atoms with E-state index in [4.69, 9.17) is 19.3 Å². The maximum Gasteiger partial charge on any atom is 0.329 e. The van der Waals surface area contributed by atoms with Crippen LogP contribution in [0.4, 0.5) is 0 Å². The number of carboxylic acid groups (broad SMARTS) is 1. The van der Waals surface area contributed by atoms with Crippen LogP contribution in [-0.2, 0) is 19.0 Å². The van der Waals surface area contributed by atoms with Gasteiger partial charge in [0.1, 0.15) is 6.61 Å². The maximum atomic E-state index is 10.0. The molecular formula is C8H15IO5. The lowest BCUT2D eigenvalue weighted by molar-refractivity contribution is -0.142. The molecule has 0 radical (unpaired) electrons. The number of hydrogen-bond acceptors (Lipinski definition) is 4. The zero-order valence-corrected chi connectivity index (χ0v) is 10.1. The minimum absolute atomic E-state index is 0.269. The highest BCUT2D eigenvalue weighted by Gasteiger charge is 1.95. The van der Waals surface area contributed by atoms with E-state index in [0.29, 0.717) is 26.4 Å². The Bertz CT molecular complexity index is 142. The molecule has 0 aliphatic heterocycles. The fraction of sp³-hybridized carbons (Fsp3) is 0.875. The molecule has 0 spiro atoms. The summed E-state index contributed by atoms with van der Waals surface area (Å²) in [5.41, 5.74) is 0. The average Bonchev–Trinajstić information content (AvgIpc) is 2.15. The van der Waals surface area contributed by atoms with Crippen molar-refractivity contribution in [3.05, 3.63) is 0 Å². The molecule has 0 saturated carbocycles. The van der Waals surface area contributed by atoms with E-state index in [1.807, 2.05) is 0 Å². The quantitative estimate of drug-likeness (QED) is 0.362. The summed E-state index contributed by atoms with van der Waals surface area (Å²) in [6.07, 6.45) is 0. The van der Waals surface area contributed by atoms with Gasteiger partial charge in [0, 0.05) is 4.43 Å². The second kappa shape index (κ2) is 11.2. The molecule has 0 atom stereocenters. The van der Waals surface area contributed by atoms with Gasteiger partial charge in [-0.2, -0.15) is 0 Å². The van der Waals surface area contributed by atoms with Gasteiger partial charge in [0.25, 0.3) is 0 Å². The molecule has 0 fully saturated rings. The summed E-state index contributed by atoms with van der Waals surface area (Å²) in [5, 5.41) is 8.23. The van der Waals surface area contributed by atoms with Gasteiger partial charge in [-0.05, 0) is 0 Å². The van der Waals surface area contributed by atoms with Crippen LogP contribution < -0.4 is 0 Å². The van der Waals surface area contributed by atoms with E-state index in [9.17, 15) is 4.79 Å². The molecule has 14 heavy (non-hydrogen) atoms. The molecule has 0 aromatic heterocycles. The summed E-state index contributed by atoms with van der Waals surface area (Å²) in [4.78, 5) is 10.0. The van der Waals surface area contributed by atoms with Crippen LogP contribution >= 0.6 is 22.6 Å². The molecule has 6 heteroatoms. The van der Waals surface area contributed by atoms with Crippen molar-refractivity contribution in [1.82, 2.24) is 0 Å². The predicted octanol–water partition coefficient (Wildman–Crippen LogP) is 0.556. The minimum atomic E-state index is -0.963. The average molecular weight is 318 g/mol. The first-order valence-electron chi connectivity index (χ1n) is 4.28. The van der Waals surface area contributed by atoms with Crippen LogP contribution in [0.3, 0.4) is 0 Å². The lowest BCUT2D eigenvalue weighted by Crippen LogP contribution is -2.13. The summed E-state index contributed by atoms with van der Waals surface area (Å²) >= 11 is 2.23. The highest BCUT2D eigenvalue weighted by Crippen LogP contribution is 1.84. The third-order valence-electron chi connectivity index (χ3n) is 1.19. The number of aliphatic carboxylic acids is 1. The van der Waals surface area contributed by atoms with Gasteiger partial charge in [0.2, 0.25) is 0 Å². The van der Waals surface area contributed by atoms with Crippen LogP contribution in [0.25, 0.3) is 0 Å². The molecule has 0 aromatic carbocycles. The highest BCUT2D eigenvalue weighted by atomic mass is 127. The fourth-order valence-electron chi connectivity index (χ4n) is 0.654. The Labute approximate surface area is 96.9 Å². The van der Waals surface area contributed by atoms with Crippen molar-refractivity contribution >= 4 is 28.6 Å². The van der Waals surface area contributed by atoms with Gasteiger partial charge in [-0.3, -0.25) is 0 Å². The number of carbonyl (C=O) groups is 1. The van der Waals surface area contributed by atoms with Crippen molar-refractivity contribution in [2.75, 3.05) is 44.1 Å². The van der Waals surface area contributed by atoms with E-state index in [1.165, 1.54) is 0 Å². The van der Waals surface area contributed by atoms with Crippen molar-refractivity contribution in [3.8, 4) is 0 Å². The number of rotatable bonds is 10. The first-order valence-corrected chi connectivity index (χ1v) is 5.81. The maximum absolute atomic E-state index is 10.0. The number of ether oxygens (including phenoxy) is 3. The second-order valence-corrected chi connectivity index (χ2v) is 3.44. The molecule has 1 N–H and O–H groups in total. The van der Waals surface area contributed by atoms with Crippen LogP contribution in [0.2, 0.25) is 0 Å². The van der Waals surface area contributed by atoms with Gasteiger partial charge in [-0.15, -0.1) is 0 Å². The molecule has 84 valence electrons. The van der Waals surface area contributed by atoms with Crippen LogP contribution in [-0.4, -0.2) is 55.1 Å². The van der Waals surface area contributed by atoms with Crippen LogP contribution in [0.15, 0.2) is 0 Å². The Morgan fingerprint density at radius 3 is 2.00 bits per heavy atom. The van der Waals surface area contributed by atoms with E-state index < -0.39 is 5.97 Å². The molecule has 0 unspecified atom stereocenters. The highest BCUT2D eigenvalue weighted by molar-refractivity contribution is 14.1. The third kappa shape index (κ3) is 12.1. The molecule has 5 nitrogen and oxygen atoms in total. The lowest BCUT2D eigenvalue weighted by Gasteiger charge is -2.04. The molecule has 0 heterocycles. The summed E-state index contributed by atoms with van der Waals surface area (Å²) < 4.78 is 16.0. The van der Waals surface area contributed by atoms with Crippen LogP contribution in [0, 0.1) is 0 Å². The topological polar surface area (TPSA) is 65.0 Å². The van der Waals surface area contributed by atoms with E-state index in [-0.39, 0.29) is 6.61 Å². The first-order chi connectivity index (χ1) is 6.77. The molecule has 0 aliphatic rings. The fourth-order valence-corrected chi connectivity index (χ4v) is 0.965. The molecule has 0 aromatic rings. The summed E-state index contributed by atoms with van der Waals surface area (Å²) in [5.74, 6) is -0.963. The SMILES string of the molecule is O=C(O)COCCOCCOCCI. The molecule has 0 rings (SSSR count). The van der Waals surface area contributed by atoms with Crippen molar-refractivity contribution in [2.24, 2.45) is 0 Å². The van der Waals surface area contributed by atoms with E-state index in [0.717, 1.165) is 11.0 Å². The van der Waals surface area contributed by atoms with Crippen molar-refractivity contribution in [2.45, 2.75) is 0 Å². The van der Waals surface area contributed by atoms with Gasteiger partial charge < -0.3 is 19.3 Å². The van der Waals surface area contributed by atoms with Crippen LogP contribution in [0.1, 0.15) is 0 Å². The predicted molar refractivity (Wildman–Crippen MR) is 59.0 cm³/mol. The Hall–Kier alpha value is 0.0800. The molecule has 0 bridgehead atoms. The molecule has 0 aliphatic carbocycles. The van der Waals surface area contributed by atoms with E-state index in [2.05, 4.69) is 22.6 Å². The second-order valence-electron chi connectivity index (χ2n) is 2.36. The van der Waals surface area contributed by atoms with Gasteiger partial charge in [0.05, 0.1) is 33.0 Å². The number of halogens is 1. The Kier molecular flexibility index (Phi) is 11.2. The van der Waals surface area contributed by atoms with Crippen molar-refractivity contribution in [1.29, 1.82) is 0 Å². The summed E-state index contributed by atoms with van der Waals surface area (Å²) in [7, 11) is 0. The van der Waals surface area contributed by atoms with Crippen molar-refractivity contribution < 1.29 is 24.1 Å². The number of alkyl halides is 1. The Balaban J connectivity index is 2.88. The minimum Gasteiger partial charge on any atom is -0.480 e. The normalized spacial score (nSPS) is 10.4. The van der Waals surface area contributed by atoms with Gasteiger partial charge in [-0.25, -0.2) is 4.79 Å². The van der Waals surface area contributed by atoms with E-state index >= 15 is 0 Å². The van der Waals surface area contributed by atoms with Gasteiger partial charge >= 0.3 is 5.97 Å². The monoisotopic (exact) mass is 318 g/mol. The first kappa shape index (κ1) is 14.1. The van der Waals surface area contributed by atoms with Gasteiger partial charge in [0.15, 0.2) is 0 Å². The molecule has 0 saturated heterocycles. The number of hydrogen-bond donors (Lipinski definition) is 1. The largest absolute Gasteiger partial charge is 0.480 e. The third-order valence-corrected chi connectivity index (χ3v) is 1.63.